The molecule has 0 aromatic rings. The Morgan fingerprint density at radius 3 is 2.15 bits per heavy atom. The van der Waals surface area contributed by atoms with Crippen LogP contribution in [-0.4, -0.2) is 14.7 Å². The SMILES string of the molecule is C/C(CC(C)C)=N\[S@@](=O)C(C)(C)C. The second kappa shape index (κ2) is 4.89. The van der Waals surface area contributed by atoms with Gasteiger partial charge in [0, 0.05) is 5.71 Å². The average molecular weight is 203 g/mol. The van der Waals surface area contributed by atoms with Gasteiger partial charge in [-0.05, 0) is 40.0 Å². The van der Waals surface area contributed by atoms with Crippen molar-refractivity contribution in [2.45, 2.75) is 52.7 Å². The summed E-state index contributed by atoms with van der Waals surface area (Å²) in [4.78, 5) is 0. The molecule has 0 fully saturated rings. The molecule has 0 aromatic carbocycles. The first-order valence-electron chi connectivity index (χ1n) is 4.69. The van der Waals surface area contributed by atoms with Crippen molar-refractivity contribution in [3.05, 3.63) is 0 Å². The first-order valence-corrected chi connectivity index (χ1v) is 5.80. The third-order valence-corrected chi connectivity index (χ3v) is 2.99. The largest absolute Gasteiger partial charge is 0.234 e. The van der Waals surface area contributed by atoms with E-state index in [0.717, 1.165) is 12.1 Å². The molecule has 3 heteroatoms. The predicted molar refractivity (Wildman–Crippen MR) is 60.5 cm³/mol. The zero-order chi connectivity index (χ0) is 10.6. The molecule has 0 aliphatic heterocycles. The van der Waals surface area contributed by atoms with E-state index in [1.54, 1.807) is 0 Å². The molecular weight excluding hydrogens is 182 g/mol. The molecule has 0 unspecified atom stereocenters. The zero-order valence-electron chi connectivity index (χ0n) is 9.55. The van der Waals surface area contributed by atoms with E-state index in [0.29, 0.717) is 5.92 Å². The van der Waals surface area contributed by atoms with E-state index >= 15 is 0 Å². The molecule has 0 saturated carbocycles. The summed E-state index contributed by atoms with van der Waals surface area (Å²) in [6.45, 7) is 12.0. The quantitative estimate of drug-likeness (QED) is 0.648. The van der Waals surface area contributed by atoms with Crippen LogP contribution >= 0.6 is 0 Å². The van der Waals surface area contributed by atoms with Gasteiger partial charge in [0.25, 0.3) is 0 Å². The van der Waals surface area contributed by atoms with Crippen LogP contribution in [0.5, 0.6) is 0 Å². The van der Waals surface area contributed by atoms with Gasteiger partial charge in [0.1, 0.15) is 11.0 Å². The fourth-order valence-electron chi connectivity index (χ4n) is 0.907. The van der Waals surface area contributed by atoms with Crippen LogP contribution in [-0.2, 0) is 11.0 Å². The molecule has 0 aliphatic carbocycles. The highest BCUT2D eigenvalue weighted by molar-refractivity contribution is 7.85. The Kier molecular flexibility index (Phi) is 4.82. The maximum atomic E-state index is 11.6. The topological polar surface area (TPSA) is 29.4 Å². The van der Waals surface area contributed by atoms with E-state index in [1.807, 2.05) is 27.7 Å². The van der Waals surface area contributed by atoms with E-state index in [-0.39, 0.29) is 4.75 Å². The van der Waals surface area contributed by atoms with Crippen LogP contribution in [0.15, 0.2) is 4.40 Å². The van der Waals surface area contributed by atoms with Crippen molar-refractivity contribution in [1.82, 2.24) is 0 Å². The van der Waals surface area contributed by atoms with Gasteiger partial charge in [0.2, 0.25) is 0 Å². The Morgan fingerprint density at radius 1 is 1.38 bits per heavy atom. The van der Waals surface area contributed by atoms with Gasteiger partial charge >= 0.3 is 0 Å². The Balaban J connectivity index is 4.32. The maximum absolute atomic E-state index is 11.6. The molecule has 13 heavy (non-hydrogen) atoms. The lowest BCUT2D eigenvalue weighted by Gasteiger charge is -2.14. The maximum Gasteiger partial charge on any atom is 0.144 e. The summed E-state index contributed by atoms with van der Waals surface area (Å²) in [5.74, 6) is 0.584. The summed E-state index contributed by atoms with van der Waals surface area (Å²) in [5.41, 5.74) is 0.989. The van der Waals surface area contributed by atoms with E-state index in [1.165, 1.54) is 0 Å². The molecule has 0 amide bonds. The van der Waals surface area contributed by atoms with Crippen LogP contribution in [0.3, 0.4) is 0 Å². The Bertz CT molecular complexity index is 213. The highest BCUT2D eigenvalue weighted by Gasteiger charge is 2.18. The molecule has 0 saturated heterocycles. The minimum atomic E-state index is -1.10. The van der Waals surface area contributed by atoms with Crippen molar-refractivity contribution in [1.29, 1.82) is 0 Å². The normalized spacial score (nSPS) is 16.4. The Labute approximate surface area is 84.4 Å². The smallest absolute Gasteiger partial charge is 0.144 e. The number of nitrogens with zero attached hydrogens (tertiary/aromatic N) is 1. The molecular formula is C10H21NOS. The standard InChI is InChI=1S/C10H21NOS/c1-8(2)7-9(3)11-13(12)10(4,5)6/h8H,7H2,1-6H3/b11-9+/t13-/m0/s1. The summed E-state index contributed by atoms with van der Waals surface area (Å²) in [6, 6.07) is 0. The Hall–Kier alpha value is -0.180. The van der Waals surface area contributed by atoms with E-state index < -0.39 is 11.0 Å². The van der Waals surface area contributed by atoms with Gasteiger partial charge in [0.15, 0.2) is 0 Å². The van der Waals surface area contributed by atoms with Gasteiger partial charge in [-0.3, -0.25) is 0 Å². The molecule has 0 radical (unpaired) electrons. The summed E-state index contributed by atoms with van der Waals surface area (Å²) >= 11 is 0. The zero-order valence-corrected chi connectivity index (χ0v) is 10.4. The Morgan fingerprint density at radius 2 is 1.85 bits per heavy atom. The van der Waals surface area contributed by atoms with Crippen molar-refractivity contribution >= 4 is 16.7 Å². The third kappa shape index (κ3) is 5.97. The minimum absolute atomic E-state index is 0.238. The highest BCUT2D eigenvalue weighted by Crippen LogP contribution is 2.13. The summed E-state index contributed by atoms with van der Waals surface area (Å²) in [5, 5.41) is 0. The van der Waals surface area contributed by atoms with Gasteiger partial charge in [-0.25, -0.2) is 4.21 Å². The van der Waals surface area contributed by atoms with Gasteiger partial charge in [-0.1, -0.05) is 13.8 Å². The van der Waals surface area contributed by atoms with E-state index in [4.69, 9.17) is 0 Å². The molecule has 0 N–H and O–H groups in total. The lowest BCUT2D eigenvalue weighted by atomic mass is 10.1. The molecule has 0 heterocycles. The van der Waals surface area contributed by atoms with Gasteiger partial charge < -0.3 is 0 Å². The lowest BCUT2D eigenvalue weighted by molar-refractivity contribution is 0.649. The van der Waals surface area contributed by atoms with Gasteiger partial charge in [-0.15, -0.1) is 0 Å². The van der Waals surface area contributed by atoms with Crippen molar-refractivity contribution < 1.29 is 4.21 Å². The van der Waals surface area contributed by atoms with Crippen LogP contribution in [0, 0.1) is 5.92 Å². The molecule has 78 valence electrons. The first kappa shape index (κ1) is 12.8. The molecule has 0 aliphatic rings. The fourth-order valence-corrected chi connectivity index (χ4v) is 1.54. The first-order chi connectivity index (χ1) is 5.73. The third-order valence-electron chi connectivity index (χ3n) is 1.47. The van der Waals surface area contributed by atoms with Gasteiger partial charge in [-0.2, -0.15) is 4.40 Å². The average Bonchev–Trinajstić information content (AvgIpc) is 1.82. The molecule has 0 rings (SSSR count). The van der Waals surface area contributed by atoms with Crippen LogP contribution in [0.25, 0.3) is 0 Å². The molecule has 2 nitrogen and oxygen atoms in total. The number of rotatable bonds is 3. The van der Waals surface area contributed by atoms with Crippen molar-refractivity contribution in [2.24, 2.45) is 10.3 Å². The summed E-state index contributed by atoms with van der Waals surface area (Å²) in [6.07, 6.45) is 0.932. The van der Waals surface area contributed by atoms with Gasteiger partial charge in [0.05, 0.1) is 4.75 Å². The van der Waals surface area contributed by atoms with Crippen LogP contribution in [0.2, 0.25) is 0 Å². The monoisotopic (exact) mass is 203 g/mol. The molecule has 0 bridgehead atoms. The summed E-state index contributed by atoms with van der Waals surface area (Å²) in [7, 11) is -1.10. The number of hydrogen-bond donors (Lipinski definition) is 0. The van der Waals surface area contributed by atoms with Crippen LogP contribution < -0.4 is 0 Å². The second-order valence-electron chi connectivity index (χ2n) is 4.79. The minimum Gasteiger partial charge on any atom is -0.234 e. The molecule has 1 atom stereocenters. The number of hydrogen-bond acceptors (Lipinski definition) is 1. The predicted octanol–water partition coefficient (Wildman–Crippen LogP) is 2.96. The van der Waals surface area contributed by atoms with Crippen molar-refractivity contribution in [3.8, 4) is 0 Å². The molecule has 0 aromatic heterocycles. The van der Waals surface area contributed by atoms with Crippen LogP contribution in [0.1, 0.15) is 48.0 Å². The van der Waals surface area contributed by atoms with E-state index in [2.05, 4.69) is 18.2 Å². The fraction of sp³-hybridized carbons (Fsp3) is 0.900. The van der Waals surface area contributed by atoms with Crippen molar-refractivity contribution in [3.63, 3.8) is 0 Å². The van der Waals surface area contributed by atoms with Crippen LogP contribution in [0.4, 0.5) is 0 Å². The second-order valence-corrected chi connectivity index (χ2v) is 6.69. The lowest BCUT2D eigenvalue weighted by Crippen LogP contribution is -2.20. The molecule has 0 spiro atoms. The highest BCUT2D eigenvalue weighted by atomic mass is 32.2. The summed E-state index contributed by atoms with van der Waals surface area (Å²) < 4.78 is 15.5. The van der Waals surface area contributed by atoms with E-state index in [9.17, 15) is 4.21 Å². The van der Waals surface area contributed by atoms with Crippen molar-refractivity contribution in [2.75, 3.05) is 0 Å².